The number of Topliss-reactive ketones (excluding diaryl/α,β-unsaturated/α-hetero) is 1. The van der Waals surface area contributed by atoms with Crippen molar-refractivity contribution in [3.05, 3.63) is 35.5 Å². The van der Waals surface area contributed by atoms with Crippen LogP contribution >= 0.6 is 0 Å². The summed E-state index contributed by atoms with van der Waals surface area (Å²) in [7, 11) is 0. The number of para-hydroxylation sites is 1. The molecule has 1 aromatic heterocycles. The van der Waals surface area contributed by atoms with Gasteiger partial charge in [0.05, 0.1) is 12.2 Å². The maximum Gasteiger partial charge on any atom is 0.377 e. The van der Waals surface area contributed by atoms with Gasteiger partial charge in [-0.3, -0.25) is 4.79 Å². The molecule has 1 aromatic carbocycles. The van der Waals surface area contributed by atoms with Gasteiger partial charge in [0.25, 0.3) is 5.78 Å². The van der Waals surface area contributed by atoms with Crippen LogP contribution in [0.1, 0.15) is 16.1 Å². The number of fused-ring (bicyclic) bond motifs is 1. The lowest BCUT2D eigenvalue weighted by molar-refractivity contribution is -0.131. The number of aliphatic hydroxyl groups is 1. The van der Waals surface area contributed by atoms with Crippen molar-refractivity contribution in [1.29, 1.82) is 0 Å². The van der Waals surface area contributed by atoms with Crippen molar-refractivity contribution in [3.8, 4) is 0 Å². The van der Waals surface area contributed by atoms with E-state index in [2.05, 4.69) is 0 Å². The number of carbonyl (C=O) groups excluding carboxylic acids is 1. The number of aliphatic hydroxyl groups excluding tert-OH is 1. The van der Waals surface area contributed by atoms with Gasteiger partial charge in [0.15, 0.2) is 0 Å². The highest BCUT2D eigenvalue weighted by Gasteiger charge is 2.23. The van der Waals surface area contributed by atoms with Crippen LogP contribution in [-0.2, 0) is 11.3 Å². The van der Waals surface area contributed by atoms with Crippen LogP contribution in [0, 0.1) is 6.92 Å². The van der Waals surface area contributed by atoms with E-state index in [0.29, 0.717) is 17.6 Å². The number of carbonyl (C=O) groups is 2. The van der Waals surface area contributed by atoms with Gasteiger partial charge in [-0.1, -0.05) is 18.2 Å². The Balaban J connectivity index is 2.77. The molecule has 1 heterocycles. The van der Waals surface area contributed by atoms with Gasteiger partial charge in [0, 0.05) is 23.1 Å². The van der Waals surface area contributed by atoms with Crippen LogP contribution < -0.4 is 0 Å². The Labute approximate surface area is 103 Å². The summed E-state index contributed by atoms with van der Waals surface area (Å²) in [5, 5.41) is 18.5. The Hall–Kier alpha value is -2.14. The normalized spacial score (nSPS) is 10.8. The fourth-order valence-corrected chi connectivity index (χ4v) is 2.21. The molecule has 18 heavy (non-hydrogen) atoms. The largest absolute Gasteiger partial charge is 0.475 e. The molecule has 2 aromatic rings. The molecule has 0 atom stereocenters. The highest BCUT2D eigenvalue weighted by molar-refractivity contribution is 6.42. The molecular formula is C13H13NO4. The number of aliphatic carboxylic acids is 1. The Morgan fingerprint density at radius 3 is 2.56 bits per heavy atom. The molecule has 0 saturated heterocycles. The van der Waals surface area contributed by atoms with Crippen LogP contribution in [0.4, 0.5) is 0 Å². The minimum atomic E-state index is -1.47. The molecule has 0 spiro atoms. The molecule has 5 nitrogen and oxygen atoms in total. The monoisotopic (exact) mass is 247 g/mol. The van der Waals surface area contributed by atoms with Gasteiger partial charge in [-0.25, -0.2) is 4.79 Å². The Morgan fingerprint density at radius 2 is 1.94 bits per heavy atom. The minimum absolute atomic E-state index is 0.0692. The predicted octanol–water partition coefficient (Wildman–Crippen LogP) is 1.21. The lowest BCUT2D eigenvalue weighted by atomic mass is 10.1. The van der Waals surface area contributed by atoms with E-state index in [1.807, 2.05) is 6.07 Å². The Morgan fingerprint density at radius 1 is 1.28 bits per heavy atom. The SMILES string of the molecule is Cc1c(C(=O)C(=O)O)c2ccccc2n1CCO. The molecule has 0 fully saturated rings. The van der Waals surface area contributed by atoms with E-state index in [0.717, 1.165) is 5.52 Å². The summed E-state index contributed by atoms with van der Waals surface area (Å²) >= 11 is 0. The Bertz CT molecular complexity index is 627. The summed E-state index contributed by atoms with van der Waals surface area (Å²) in [6, 6.07) is 7.08. The lowest BCUT2D eigenvalue weighted by Gasteiger charge is -2.05. The first kappa shape index (κ1) is 12.3. The van der Waals surface area contributed by atoms with Crippen molar-refractivity contribution in [3.63, 3.8) is 0 Å². The standard InChI is InChI=1S/C13H13NO4/c1-8-11(12(16)13(17)18)9-4-2-3-5-10(9)14(8)6-7-15/h2-5,15H,6-7H2,1H3,(H,17,18). The van der Waals surface area contributed by atoms with Crippen molar-refractivity contribution in [2.75, 3.05) is 6.61 Å². The highest BCUT2D eigenvalue weighted by atomic mass is 16.4. The smallest absolute Gasteiger partial charge is 0.377 e. The van der Waals surface area contributed by atoms with Crippen LogP contribution in [0.2, 0.25) is 0 Å². The fraction of sp³-hybridized carbons (Fsp3) is 0.231. The second kappa shape index (κ2) is 4.62. The van der Waals surface area contributed by atoms with Crippen molar-refractivity contribution in [2.45, 2.75) is 13.5 Å². The number of benzene rings is 1. The van der Waals surface area contributed by atoms with Gasteiger partial charge in [-0.05, 0) is 13.0 Å². The van der Waals surface area contributed by atoms with Crippen LogP contribution in [0.15, 0.2) is 24.3 Å². The molecule has 0 aliphatic rings. The first-order valence-electron chi connectivity index (χ1n) is 5.54. The van der Waals surface area contributed by atoms with Crippen LogP contribution in [0.25, 0.3) is 10.9 Å². The number of hydrogen-bond donors (Lipinski definition) is 2. The van der Waals surface area contributed by atoms with Crippen LogP contribution in [-0.4, -0.2) is 33.1 Å². The second-order valence-corrected chi connectivity index (χ2v) is 3.99. The number of hydrogen-bond acceptors (Lipinski definition) is 3. The lowest BCUT2D eigenvalue weighted by Crippen LogP contribution is -2.14. The zero-order chi connectivity index (χ0) is 13.3. The second-order valence-electron chi connectivity index (χ2n) is 3.99. The molecule has 0 amide bonds. The average Bonchev–Trinajstić information content (AvgIpc) is 2.62. The van der Waals surface area contributed by atoms with Crippen molar-refractivity contribution < 1.29 is 19.8 Å². The molecule has 0 radical (unpaired) electrons. The molecule has 2 rings (SSSR count). The minimum Gasteiger partial charge on any atom is -0.475 e. The zero-order valence-corrected chi connectivity index (χ0v) is 9.88. The molecule has 5 heteroatoms. The first-order valence-corrected chi connectivity index (χ1v) is 5.54. The number of carboxylic acids is 1. The summed E-state index contributed by atoms with van der Waals surface area (Å²) in [6.45, 7) is 1.95. The molecule has 2 N–H and O–H groups in total. The van der Waals surface area contributed by atoms with Gasteiger partial charge in [-0.2, -0.15) is 0 Å². The van der Waals surface area contributed by atoms with Gasteiger partial charge >= 0.3 is 5.97 Å². The number of aromatic nitrogens is 1. The van der Waals surface area contributed by atoms with Crippen molar-refractivity contribution in [2.24, 2.45) is 0 Å². The van der Waals surface area contributed by atoms with E-state index >= 15 is 0 Å². The fourth-order valence-electron chi connectivity index (χ4n) is 2.21. The maximum atomic E-state index is 11.7. The molecule has 0 bridgehead atoms. The van der Waals surface area contributed by atoms with Gasteiger partial charge in [0.2, 0.25) is 0 Å². The summed E-state index contributed by atoms with van der Waals surface area (Å²) in [6.07, 6.45) is 0. The molecule has 0 saturated carbocycles. The van der Waals surface area contributed by atoms with Crippen molar-refractivity contribution in [1.82, 2.24) is 4.57 Å². The Kier molecular flexibility index (Phi) is 3.16. The topological polar surface area (TPSA) is 79.5 Å². The summed E-state index contributed by atoms with van der Waals surface area (Å²) in [4.78, 5) is 22.6. The number of nitrogens with zero attached hydrogens (tertiary/aromatic N) is 1. The highest BCUT2D eigenvalue weighted by Crippen LogP contribution is 2.26. The summed E-state index contributed by atoms with van der Waals surface area (Å²) in [5.41, 5.74) is 1.53. The summed E-state index contributed by atoms with van der Waals surface area (Å²) < 4.78 is 1.76. The molecule has 0 aliphatic carbocycles. The van der Waals surface area contributed by atoms with Crippen LogP contribution in [0.3, 0.4) is 0 Å². The molecule has 94 valence electrons. The molecular weight excluding hydrogens is 234 g/mol. The van der Waals surface area contributed by atoms with E-state index < -0.39 is 11.8 Å². The summed E-state index contributed by atoms with van der Waals surface area (Å²) in [5.74, 6) is -2.38. The van der Waals surface area contributed by atoms with E-state index in [-0.39, 0.29) is 12.2 Å². The van der Waals surface area contributed by atoms with Crippen molar-refractivity contribution >= 4 is 22.7 Å². The van der Waals surface area contributed by atoms with E-state index in [1.165, 1.54) is 0 Å². The first-order chi connectivity index (χ1) is 8.57. The quantitative estimate of drug-likeness (QED) is 0.628. The number of ketones is 1. The number of rotatable bonds is 4. The molecule has 0 aliphatic heterocycles. The average molecular weight is 247 g/mol. The van der Waals surface area contributed by atoms with Crippen LogP contribution in [0.5, 0.6) is 0 Å². The van der Waals surface area contributed by atoms with Gasteiger partial charge in [-0.15, -0.1) is 0 Å². The maximum absolute atomic E-state index is 11.7. The van der Waals surface area contributed by atoms with Gasteiger partial charge in [0.1, 0.15) is 0 Å². The van der Waals surface area contributed by atoms with E-state index in [1.54, 1.807) is 29.7 Å². The third-order valence-corrected chi connectivity index (χ3v) is 2.98. The zero-order valence-electron chi connectivity index (χ0n) is 9.88. The predicted molar refractivity (Wildman–Crippen MR) is 65.7 cm³/mol. The third-order valence-electron chi connectivity index (χ3n) is 2.98. The van der Waals surface area contributed by atoms with E-state index in [4.69, 9.17) is 10.2 Å². The van der Waals surface area contributed by atoms with Gasteiger partial charge < -0.3 is 14.8 Å². The van der Waals surface area contributed by atoms with E-state index in [9.17, 15) is 9.59 Å². The number of carboxylic acid groups (broad SMARTS) is 1. The third kappa shape index (κ3) is 1.78. The molecule has 0 unspecified atom stereocenters.